The van der Waals surface area contributed by atoms with Crippen molar-refractivity contribution < 1.29 is 22.7 Å². The van der Waals surface area contributed by atoms with Crippen molar-refractivity contribution in [2.45, 2.75) is 9.24 Å². The zero-order valence-corrected chi connectivity index (χ0v) is 20.4. The molecule has 0 saturated carbocycles. The van der Waals surface area contributed by atoms with E-state index in [1.54, 1.807) is 36.4 Å². The Kier molecular flexibility index (Phi) is 8.31. The van der Waals surface area contributed by atoms with E-state index in [1.807, 2.05) is 0 Å². The number of ether oxygens (including phenoxy) is 2. The molecule has 0 saturated heterocycles. The van der Waals surface area contributed by atoms with Gasteiger partial charge in [-0.05, 0) is 24.3 Å². The minimum atomic E-state index is -4.12. The molecule has 0 fully saturated rings. The number of nitrogens with one attached hydrogen (secondary N) is 1. The first kappa shape index (κ1) is 24.6. The summed E-state index contributed by atoms with van der Waals surface area (Å²) in [6.45, 7) is 3.13. The highest BCUT2D eigenvalue weighted by Crippen LogP contribution is 2.35. The smallest absolute Gasteiger partial charge is 0.264 e. The fourth-order valence-electron chi connectivity index (χ4n) is 2.75. The predicted octanol–water partition coefficient (Wildman–Crippen LogP) is 3.67. The second kappa shape index (κ2) is 11.2. The van der Waals surface area contributed by atoms with Crippen molar-refractivity contribution in [2.24, 2.45) is 0 Å². The molecule has 0 aliphatic carbocycles. The lowest BCUT2D eigenvalue weighted by atomic mass is 10.2. The third kappa shape index (κ3) is 6.03. The number of thioether (sulfide) groups is 1. The molecule has 0 atom stereocenters. The molecule has 1 amide bonds. The lowest BCUT2D eigenvalue weighted by Crippen LogP contribution is -2.38. The molecule has 33 heavy (non-hydrogen) atoms. The average Bonchev–Trinajstić information content (AvgIpc) is 3.28. The molecular formula is C21H22N4O5S3. The van der Waals surface area contributed by atoms with E-state index in [0.717, 1.165) is 4.31 Å². The summed E-state index contributed by atoms with van der Waals surface area (Å²) < 4.78 is 39.3. The van der Waals surface area contributed by atoms with Gasteiger partial charge in [0.05, 0.1) is 24.8 Å². The summed E-state index contributed by atoms with van der Waals surface area (Å²) in [6, 6.07) is 12.6. The van der Waals surface area contributed by atoms with Gasteiger partial charge in [-0.25, -0.2) is 8.42 Å². The van der Waals surface area contributed by atoms with Gasteiger partial charge in [-0.3, -0.25) is 14.4 Å². The van der Waals surface area contributed by atoms with Gasteiger partial charge in [-0.15, -0.1) is 16.8 Å². The van der Waals surface area contributed by atoms with Gasteiger partial charge in [0.15, 0.2) is 4.34 Å². The number of sulfonamides is 1. The van der Waals surface area contributed by atoms with Crippen LogP contribution in [0.5, 0.6) is 11.5 Å². The number of carbonyl (C=O) groups is 1. The van der Waals surface area contributed by atoms with E-state index < -0.39 is 22.5 Å². The van der Waals surface area contributed by atoms with Crippen LogP contribution < -0.4 is 19.1 Å². The van der Waals surface area contributed by atoms with Gasteiger partial charge in [0.2, 0.25) is 11.0 Å². The molecule has 0 aliphatic heterocycles. The van der Waals surface area contributed by atoms with Gasteiger partial charge < -0.3 is 9.47 Å². The Morgan fingerprint density at radius 2 is 1.94 bits per heavy atom. The number of hydrogen-bond acceptors (Lipinski definition) is 9. The molecule has 2 aromatic carbocycles. The van der Waals surface area contributed by atoms with Gasteiger partial charge in [-0.2, -0.15) is 0 Å². The van der Waals surface area contributed by atoms with Crippen molar-refractivity contribution >= 4 is 49.8 Å². The minimum absolute atomic E-state index is 0.0294. The second-order valence-electron chi connectivity index (χ2n) is 6.38. The number of amides is 1. The monoisotopic (exact) mass is 506 g/mol. The summed E-state index contributed by atoms with van der Waals surface area (Å²) in [7, 11) is -1.23. The van der Waals surface area contributed by atoms with E-state index in [9.17, 15) is 13.2 Å². The highest BCUT2D eigenvalue weighted by molar-refractivity contribution is 8.01. The summed E-state index contributed by atoms with van der Waals surface area (Å²) in [5.74, 6) is 0.742. The fourth-order valence-corrected chi connectivity index (χ4v) is 5.72. The van der Waals surface area contributed by atoms with Crippen LogP contribution in [0, 0.1) is 0 Å². The largest absolute Gasteiger partial charge is 0.497 e. The highest BCUT2D eigenvalue weighted by Gasteiger charge is 2.30. The van der Waals surface area contributed by atoms with Crippen molar-refractivity contribution in [3.05, 3.63) is 61.2 Å². The number of carbonyl (C=O) groups excluding carboxylic acids is 1. The van der Waals surface area contributed by atoms with Crippen molar-refractivity contribution in [1.29, 1.82) is 0 Å². The quantitative estimate of drug-likeness (QED) is 0.238. The molecule has 3 aromatic rings. The lowest BCUT2D eigenvalue weighted by Gasteiger charge is -2.25. The Morgan fingerprint density at radius 1 is 1.18 bits per heavy atom. The Labute approximate surface area is 200 Å². The van der Waals surface area contributed by atoms with E-state index in [2.05, 4.69) is 22.1 Å². The topological polar surface area (TPSA) is 111 Å². The molecule has 1 N–H and O–H groups in total. The van der Waals surface area contributed by atoms with Crippen LogP contribution >= 0.6 is 23.1 Å². The molecule has 1 aromatic heterocycles. The van der Waals surface area contributed by atoms with Crippen molar-refractivity contribution in [3.8, 4) is 11.5 Å². The Hall–Kier alpha value is -3.09. The highest BCUT2D eigenvalue weighted by atomic mass is 32.2. The Morgan fingerprint density at radius 3 is 2.61 bits per heavy atom. The summed E-state index contributed by atoms with van der Waals surface area (Å²) in [5.41, 5.74) is 0.162. The normalized spacial score (nSPS) is 11.0. The lowest BCUT2D eigenvalue weighted by molar-refractivity contribution is -0.114. The average molecular weight is 507 g/mol. The van der Waals surface area contributed by atoms with E-state index in [4.69, 9.17) is 9.47 Å². The molecular weight excluding hydrogens is 484 g/mol. The minimum Gasteiger partial charge on any atom is -0.497 e. The van der Waals surface area contributed by atoms with Gasteiger partial charge >= 0.3 is 0 Å². The number of anilines is 2. The molecule has 174 valence electrons. The second-order valence-corrected chi connectivity index (χ2v) is 10.5. The summed E-state index contributed by atoms with van der Waals surface area (Å²) in [6.07, 6.45) is 1.73. The SMILES string of the molecule is C=CCSc1nnc(NC(=O)CN(c2cc(OC)ccc2OC)S(=O)(=O)c2ccccc2)s1. The first-order valence-electron chi connectivity index (χ1n) is 9.56. The third-order valence-electron chi connectivity index (χ3n) is 4.25. The van der Waals surface area contributed by atoms with Crippen molar-refractivity contribution in [1.82, 2.24) is 10.2 Å². The molecule has 9 nitrogen and oxygen atoms in total. The molecule has 0 radical (unpaired) electrons. The van der Waals surface area contributed by atoms with Crippen LogP contribution in [0.2, 0.25) is 0 Å². The zero-order valence-electron chi connectivity index (χ0n) is 17.9. The standard InChI is InChI=1S/C21H22N4O5S3/c1-4-12-31-21-24-23-20(32-21)22-19(26)14-25(33(27,28)16-8-6-5-7-9-16)17-13-15(29-2)10-11-18(17)30-3/h4-11,13H,1,12,14H2,2-3H3,(H,22,23,26). The number of nitrogens with zero attached hydrogens (tertiary/aromatic N) is 3. The molecule has 3 rings (SSSR count). The van der Waals surface area contributed by atoms with Gasteiger partial charge in [0.1, 0.15) is 18.0 Å². The van der Waals surface area contributed by atoms with Gasteiger partial charge in [0.25, 0.3) is 10.0 Å². The molecule has 0 bridgehead atoms. The van der Waals surface area contributed by atoms with Gasteiger partial charge in [0, 0.05) is 11.8 Å². The van der Waals surface area contributed by atoms with Crippen molar-refractivity contribution in [2.75, 3.05) is 36.1 Å². The van der Waals surface area contributed by atoms with Crippen LogP contribution in [0.4, 0.5) is 10.8 Å². The maximum atomic E-state index is 13.5. The number of hydrogen-bond donors (Lipinski definition) is 1. The van der Waals surface area contributed by atoms with Crippen LogP contribution in [-0.2, 0) is 14.8 Å². The Bertz CT molecular complexity index is 1220. The van der Waals surface area contributed by atoms with Crippen molar-refractivity contribution in [3.63, 3.8) is 0 Å². The van der Waals surface area contributed by atoms with Crippen LogP contribution in [-0.4, -0.2) is 51.0 Å². The first-order chi connectivity index (χ1) is 15.9. The van der Waals surface area contributed by atoms with Crippen LogP contribution in [0.15, 0.2) is 70.4 Å². The van der Waals surface area contributed by atoms with E-state index in [-0.39, 0.29) is 21.5 Å². The molecule has 0 unspecified atom stereocenters. The fraction of sp³-hybridized carbons (Fsp3) is 0.190. The van der Waals surface area contributed by atoms with Crippen LogP contribution in [0.25, 0.3) is 0 Å². The number of aromatic nitrogens is 2. The Balaban J connectivity index is 1.95. The molecule has 0 aliphatic rings. The number of rotatable bonds is 11. The summed E-state index contributed by atoms with van der Waals surface area (Å²) in [5, 5.41) is 10.8. The summed E-state index contributed by atoms with van der Waals surface area (Å²) in [4.78, 5) is 12.9. The van der Waals surface area contributed by atoms with E-state index in [1.165, 1.54) is 55.5 Å². The molecule has 0 spiro atoms. The van der Waals surface area contributed by atoms with Gasteiger partial charge in [-0.1, -0.05) is 47.4 Å². The van der Waals surface area contributed by atoms with Crippen LogP contribution in [0.3, 0.4) is 0 Å². The van der Waals surface area contributed by atoms with E-state index in [0.29, 0.717) is 15.8 Å². The number of methoxy groups -OCH3 is 2. The molecule has 12 heteroatoms. The summed E-state index contributed by atoms with van der Waals surface area (Å²) >= 11 is 2.62. The molecule has 1 heterocycles. The maximum absolute atomic E-state index is 13.5. The predicted molar refractivity (Wildman–Crippen MR) is 130 cm³/mol. The maximum Gasteiger partial charge on any atom is 0.264 e. The number of benzene rings is 2. The van der Waals surface area contributed by atoms with E-state index >= 15 is 0 Å². The first-order valence-corrected chi connectivity index (χ1v) is 12.8. The third-order valence-corrected chi connectivity index (χ3v) is 7.99. The van der Waals surface area contributed by atoms with Crippen LogP contribution in [0.1, 0.15) is 0 Å². The zero-order chi connectivity index (χ0) is 23.8.